The first kappa shape index (κ1) is 14.9. The van der Waals surface area contributed by atoms with Crippen molar-refractivity contribution in [2.45, 2.75) is 37.6 Å². The van der Waals surface area contributed by atoms with E-state index in [2.05, 4.69) is 46.8 Å². The van der Waals surface area contributed by atoms with Crippen molar-refractivity contribution in [2.75, 3.05) is 5.32 Å². The smallest absolute Gasteiger partial charge is 0.156 e. The summed E-state index contributed by atoms with van der Waals surface area (Å²) in [5, 5.41) is 8.24. The fourth-order valence-corrected chi connectivity index (χ4v) is 3.37. The van der Waals surface area contributed by atoms with Crippen LogP contribution < -0.4 is 5.32 Å². The second-order valence-electron chi connectivity index (χ2n) is 6.48. The highest BCUT2D eigenvalue weighted by Crippen LogP contribution is 2.35. The number of carbonyl (C=O) groups excluding carboxylic acids is 1. The highest BCUT2D eigenvalue weighted by molar-refractivity contribution is 5.73. The second-order valence-corrected chi connectivity index (χ2v) is 6.48. The van der Waals surface area contributed by atoms with Crippen LogP contribution in [0.3, 0.4) is 0 Å². The molecule has 2 aromatic rings. The minimum absolute atomic E-state index is 0.343. The lowest BCUT2D eigenvalue weighted by molar-refractivity contribution is -0.104. The standard InChI is InChI=1S/C20H21N3O/c24-13-5-12-23-19-14-16(15-6-2-1-3-7-15)10-11-18(19)20(22-23)21-17-8-4-9-17/h1-3,5-7,10-13,16-17H,4,8-9,14H2,(H,21,22). The van der Waals surface area contributed by atoms with E-state index in [9.17, 15) is 4.79 Å². The molecule has 122 valence electrons. The molecule has 1 atom stereocenters. The van der Waals surface area contributed by atoms with Gasteiger partial charge in [-0.1, -0.05) is 42.5 Å². The Balaban J connectivity index is 1.67. The van der Waals surface area contributed by atoms with Crippen molar-refractivity contribution in [1.29, 1.82) is 0 Å². The van der Waals surface area contributed by atoms with Crippen molar-refractivity contribution in [3.63, 3.8) is 0 Å². The third-order valence-corrected chi connectivity index (χ3v) is 4.94. The molecule has 1 fully saturated rings. The van der Waals surface area contributed by atoms with Crippen LogP contribution in [0.25, 0.3) is 12.3 Å². The van der Waals surface area contributed by atoms with Crippen LogP contribution in [0.4, 0.5) is 5.82 Å². The average Bonchev–Trinajstić information content (AvgIpc) is 2.94. The summed E-state index contributed by atoms with van der Waals surface area (Å²) in [5.74, 6) is 1.28. The molecule has 0 radical (unpaired) electrons. The summed E-state index contributed by atoms with van der Waals surface area (Å²) in [7, 11) is 0. The zero-order chi connectivity index (χ0) is 16.4. The SMILES string of the molecule is O=CC=Cn1nc(NC2CCC2)c2c1CC(c1ccccc1)C=C2. The number of carbonyl (C=O) groups is 1. The number of hydrogen-bond donors (Lipinski definition) is 1. The molecule has 1 heterocycles. The van der Waals surface area contributed by atoms with Gasteiger partial charge in [0, 0.05) is 30.1 Å². The number of aromatic nitrogens is 2. The van der Waals surface area contributed by atoms with Crippen molar-refractivity contribution in [3.05, 3.63) is 59.3 Å². The minimum Gasteiger partial charge on any atom is -0.365 e. The monoisotopic (exact) mass is 319 g/mol. The van der Waals surface area contributed by atoms with E-state index in [4.69, 9.17) is 0 Å². The Hall–Kier alpha value is -2.62. The zero-order valence-corrected chi connectivity index (χ0v) is 13.6. The van der Waals surface area contributed by atoms with Crippen molar-refractivity contribution in [2.24, 2.45) is 0 Å². The summed E-state index contributed by atoms with van der Waals surface area (Å²) in [5.41, 5.74) is 3.62. The van der Waals surface area contributed by atoms with Crippen molar-refractivity contribution < 1.29 is 4.79 Å². The molecule has 4 rings (SSSR count). The molecule has 0 saturated heterocycles. The van der Waals surface area contributed by atoms with Crippen molar-refractivity contribution >= 4 is 24.4 Å². The molecule has 4 nitrogen and oxygen atoms in total. The summed E-state index contributed by atoms with van der Waals surface area (Å²) < 4.78 is 1.85. The van der Waals surface area contributed by atoms with Crippen LogP contribution in [0.1, 0.15) is 42.0 Å². The third-order valence-electron chi connectivity index (χ3n) is 4.94. The number of aldehydes is 1. The summed E-state index contributed by atoms with van der Waals surface area (Å²) in [6, 6.07) is 11.1. The highest BCUT2D eigenvalue weighted by atomic mass is 16.1. The van der Waals surface area contributed by atoms with Gasteiger partial charge in [-0.3, -0.25) is 4.79 Å². The molecule has 0 bridgehead atoms. The quantitative estimate of drug-likeness (QED) is 0.672. The van der Waals surface area contributed by atoms with Crippen molar-refractivity contribution in [3.8, 4) is 0 Å². The minimum atomic E-state index is 0.343. The van der Waals surface area contributed by atoms with Crippen LogP contribution in [-0.4, -0.2) is 22.1 Å². The lowest BCUT2D eigenvalue weighted by atomic mass is 9.88. The van der Waals surface area contributed by atoms with Gasteiger partial charge in [0.1, 0.15) is 6.29 Å². The Morgan fingerprint density at radius 3 is 2.75 bits per heavy atom. The molecule has 1 N–H and O–H groups in total. The fourth-order valence-electron chi connectivity index (χ4n) is 3.37. The molecule has 1 aromatic heterocycles. The molecular weight excluding hydrogens is 298 g/mol. The molecular formula is C20H21N3O. The normalized spacial score (nSPS) is 19.9. The fraction of sp³-hybridized carbons (Fsp3) is 0.300. The largest absolute Gasteiger partial charge is 0.365 e. The van der Waals surface area contributed by atoms with Gasteiger partial charge in [0.05, 0.1) is 5.69 Å². The van der Waals surface area contributed by atoms with Gasteiger partial charge in [-0.2, -0.15) is 5.10 Å². The molecule has 2 aliphatic carbocycles. The summed E-state index contributed by atoms with van der Waals surface area (Å²) in [6.45, 7) is 0. The van der Waals surface area contributed by atoms with Crippen LogP contribution in [0.5, 0.6) is 0 Å². The Kier molecular flexibility index (Phi) is 4.03. The number of benzene rings is 1. The predicted octanol–water partition coefficient (Wildman–Crippen LogP) is 3.87. The first-order chi connectivity index (χ1) is 11.8. The molecule has 0 amide bonds. The van der Waals surface area contributed by atoms with E-state index < -0.39 is 0 Å². The van der Waals surface area contributed by atoms with Crippen molar-refractivity contribution in [1.82, 2.24) is 9.78 Å². The van der Waals surface area contributed by atoms with Crippen LogP contribution in [0, 0.1) is 0 Å². The number of anilines is 1. The predicted molar refractivity (Wildman–Crippen MR) is 96.8 cm³/mol. The Morgan fingerprint density at radius 1 is 1.21 bits per heavy atom. The van der Waals surface area contributed by atoms with Gasteiger partial charge in [0.25, 0.3) is 0 Å². The van der Waals surface area contributed by atoms with Gasteiger partial charge in [0.2, 0.25) is 0 Å². The lowest BCUT2D eigenvalue weighted by Gasteiger charge is -2.27. The summed E-state index contributed by atoms with van der Waals surface area (Å²) in [6.07, 6.45) is 13.1. The maximum absolute atomic E-state index is 10.7. The molecule has 0 spiro atoms. The first-order valence-corrected chi connectivity index (χ1v) is 8.58. The topological polar surface area (TPSA) is 46.9 Å². The number of nitrogens with zero attached hydrogens (tertiary/aromatic N) is 2. The lowest BCUT2D eigenvalue weighted by Crippen LogP contribution is -2.27. The van der Waals surface area contributed by atoms with E-state index in [-0.39, 0.29) is 0 Å². The van der Waals surface area contributed by atoms with E-state index in [0.29, 0.717) is 12.0 Å². The van der Waals surface area contributed by atoms with Gasteiger partial charge in [-0.15, -0.1) is 0 Å². The number of nitrogens with one attached hydrogen (secondary N) is 1. The molecule has 4 heteroatoms. The van der Waals surface area contributed by atoms with Gasteiger partial charge < -0.3 is 5.32 Å². The molecule has 1 unspecified atom stereocenters. The average molecular weight is 319 g/mol. The molecule has 1 aromatic carbocycles. The molecule has 0 aliphatic heterocycles. The van der Waals surface area contributed by atoms with Gasteiger partial charge in [-0.25, -0.2) is 4.68 Å². The van der Waals surface area contributed by atoms with E-state index in [0.717, 1.165) is 29.8 Å². The number of allylic oxidation sites excluding steroid dienone is 2. The van der Waals surface area contributed by atoms with Crippen LogP contribution in [0.15, 0.2) is 42.5 Å². The highest BCUT2D eigenvalue weighted by Gasteiger charge is 2.25. The number of hydrogen-bond acceptors (Lipinski definition) is 3. The van der Waals surface area contributed by atoms with Gasteiger partial charge in [0.15, 0.2) is 5.82 Å². The van der Waals surface area contributed by atoms with E-state index in [1.165, 1.54) is 30.9 Å². The van der Waals surface area contributed by atoms with Gasteiger partial charge in [-0.05, 0) is 30.9 Å². The van der Waals surface area contributed by atoms with E-state index in [1.54, 1.807) is 6.20 Å². The molecule has 2 aliphatic rings. The number of fused-ring (bicyclic) bond motifs is 1. The second kappa shape index (κ2) is 6.48. The van der Waals surface area contributed by atoms with Crippen LogP contribution >= 0.6 is 0 Å². The Morgan fingerprint density at radius 2 is 2.04 bits per heavy atom. The number of rotatable bonds is 5. The Bertz CT molecular complexity index is 785. The summed E-state index contributed by atoms with van der Waals surface area (Å²) >= 11 is 0. The maximum Gasteiger partial charge on any atom is 0.156 e. The zero-order valence-electron chi connectivity index (χ0n) is 13.6. The third kappa shape index (κ3) is 2.80. The summed E-state index contributed by atoms with van der Waals surface area (Å²) in [4.78, 5) is 10.7. The van der Waals surface area contributed by atoms with Gasteiger partial charge >= 0.3 is 0 Å². The Labute approximate surface area is 141 Å². The van der Waals surface area contributed by atoms with Crippen LogP contribution in [-0.2, 0) is 11.2 Å². The van der Waals surface area contributed by atoms with E-state index in [1.807, 2.05) is 10.7 Å². The molecule has 24 heavy (non-hydrogen) atoms. The maximum atomic E-state index is 10.7. The van der Waals surface area contributed by atoms with E-state index >= 15 is 0 Å². The van der Waals surface area contributed by atoms with Crippen LogP contribution in [0.2, 0.25) is 0 Å². The molecule has 1 saturated carbocycles. The first-order valence-electron chi connectivity index (χ1n) is 8.58.